The van der Waals surface area contributed by atoms with Crippen molar-refractivity contribution in [1.82, 2.24) is 14.6 Å². The maximum Gasteiger partial charge on any atom is 0.490 e. The number of aliphatic carboxylic acids is 1. The minimum absolute atomic E-state index is 0.0344. The lowest BCUT2D eigenvalue weighted by molar-refractivity contribution is -0.192. The van der Waals surface area contributed by atoms with Crippen molar-refractivity contribution in [3.8, 4) is 0 Å². The third-order valence-electron chi connectivity index (χ3n) is 5.58. The maximum atomic E-state index is 13.2. The standard InChI is InChI=1S/C25H17ClFN5O2.C2HF3O2/c26-22-14-21(24-28-12-13-32(24)31-22)29-17-8-10-18(11-9-17)30-25(34)20-3-1-2-19(23(20)33)15-4-6-16(27)7-5-15;3-2(4,5)1(6)7/h1-14,19,29H,(H,30,34);(H,6,7). The Labute approximate surface area is 233 Å². The average Bonchev–Trinajstić information content (AvgIpc) is 3.39. The fraction of sp³-hybridized carbons (Fsp3) is 0.0741. The van der Waals surface area contributed by atoms with Gasteiger partial charge in [0.05, 0.1) is 17.2 Å². The van der Waals surface area contributed by atoms with Crippen LogP contribution in [0.5, 0.6) is 0 Å². The minimum atomic E-state index is -5.08. The summed E-state index contributed by atoms with van der Waals surface area (Å²) in [6, 6.07) is 14.3. The maximum absolute atomic E-state index is 13.2. The molecule has 41 heavy (non-hydrogen) atoms. The quantitative estimate of drug-likeness (QED) is 0.202. The monoisotopic (exact) mass is 587 g/mol. The van der Waals surface area contributed by atoms with Gasteiger partial charge >= 0.3 is 12.1 Å². The number of nitrogens with zero attached hydrogens (tertiary/aromatic N) is 3. The van der Waals surface area contributed by atoms with Gasteiger partial charge in [0.15, 0.2) is 16.6 Å². The molecule has 0 radical (unpaired) electrons. The zero-order valence-electron chi connectivity index (χ0n) is 20.6. The molecule has 5 rings (SSSR count). The first-order chi connectivity index (χ1) is 19.4. The van der Waals surface area contributed by atoms with Crippen LogP contribution >= 0.6 is 11.6 Å². The Morgan fingerprint density at radius 1 is 1.02 bits per heavy atom. The van der Waals surface area contributed by atoms with Crippen molar-refractivity contribution >= 4 is 52.0 Å². The molecule has 1 amide bonds. The number of carbonyl (C=O) groups is 3. The van der Waals surface area contributed by atoms with Crippen molar-refractivity contribution < 1.29 is 37.1 Å². The Morgan fingerprint density at radius 3 is 2.29 bits per heavy atom. The van der Waals surface area contributed by atoms with Gasteiger partial charge < -0.3 is 15.7 Å². The van der Waals surface area contributed by atoms with Gasteiger partial charge in [0.2, 0.25) is 0 Å². The number of fused-ring (bicyclic) bond motifs is 1. The molecule has 0 saturated heterocycles. The summed E-state index contributed by atoms with van der Waals surface area (Å²) in [4.78, 5) is 38.9. The van der Waals surface area contributed by atoms with E-state index in [1.54, 1.807) is 71.5 Å². The highest BCUT2D eigenvalue weighted by atomic mass is 35.5. The van der Waals surface area contributed by atoms with E-state index >= 15 is 0 Å². The summed E-state index contributed by atoms with van der Waals surface area (Å²) in [6.45, 7) is 0. The second-order valence-corrected chi connectivity index (χ2v) is 8.78. The molecule has 2 heterocycles. The Balaban J connectivity index is 0.000000493. The van der Waals surface area contributed by atoms with Gasteiger partial charge in [-0.05, 0) is 48.0 Å². The average molecular weight is 588 g/mol. The number of benzene rings is 2. The van der Waals surface area contributed by atoms with E-state index in [-0.39, 0.29) is 17.2 Å². The van der Waals surface area contributed by atoms with Gasteiger partial charge in [-0.2, -0.15) is 18.3 Å². The third kappa shape index (κ3) is 7.13. The molecular formula is C27H18ClF4N5O4. The van der Waals surface area contributed by atoms with Crippen molar-refractivity contribution in [2.45, 2.75) is 12.1 Å². The van der Waals surface area contributed by atoms with Gasteiger partial charge in [0, 0.05) is 29.8 Å². The van der Waals surface area contributed by atoms with Gasteiger partial charge in [-0.25, -0.2) is 18.7 Å². The smallest absolute Gasteiger partial charge is 0.475 e. The summed E-state index contributed by atoms with van der Waals surface area (Å²) < 4.78 is 46.5. The Hall–Kier alpha value is -5.04. The summed E-state index contributed by atoms with van der Waals surface area (Å²) in [5.41, 5.74) is 3.23. The Bertz CT molecular complexity index is 1670. The largest absolute Gasteiger partial charge is 0.490 e. The van der Waals surface area contributed by atoms with Crippen LogP contribution < -0.4 is 10.6 Å². The van der Waals surface area contributed by atoms with E-state index in [4.69, 9.17) is 21.5 Å². The molecule has 0 bridgehead atoms. The number of carbonyl (C=O) groups excluding carboxylic acids is 2. The number of rotatable bonds is 5. The van der Waals surface area contributed by atoms with Gasteiger partial charge in [0.25, 0.3) is 5.91 Å². The number of carboxylic acid groups (broad SMARTS) is 1. The summed E-state index contributed by atoms with van der Waals surface area (Å²) in [5, 5.41) is 17.6. The van der Waals surface area contributed by atoms with Crippen molar-refractivity contribution in [3.05, 3.63) is 107 Å². The second kappa shape index (κ2) is 12.0. The molecule has 14 heteroatoms. The second-order valence-electron chi connectivity index (χ2n) is 8.39. The van der Waals surface area contributed by atoms with E-state index in [1.807, 2.05) is 0 Å². The SMILES string of the molecule is O=C(Nc1ccc(Nc2cc(Cl)nn3ccnc23)cc1)C1=CC=CC(c2ccc(F)cc2)C1=O.O=C(O)C(F)(F)F. The molecule has 0 saturated carbocycles. The molecule has 2 aromatic carbocycles. The molecule has 3 N–H and O–H groups in total. The number of imidazole rings is 1. The molecule has 0 aliphatic heterocycles. The minimum Gasteiger partial charge on any atom is -0.475 e. The van der Waals surface area contributed by atoms with E-state index in [1.165, 1.54) is 18.2 Å². The first-order valence-electron chi connectivity index (χ1n) is 11.6. The van der Waals surface area contributed by atoms with Crippen LogP contribution in [0.4, 0.5) is 34.6 Å². The van der Waals surface area contributed by atoms with Gasteiger partial charge in [-0.1, -0.05) is 35.9 Å². The lowest BCUT2D eigenvalue weighted by Gasteiger charge is -2.17. The fourth-order valence-corrected chi connectivity index (χ4v) is 3.88. The number of carboxylic acids is 1. The van der Waals surface area contributed by atoms with Crippen LogP contribution in [0.25, 0.3) is 5.65 Å². The molecule has 1 aliphatic carbocycles. The van der Waals surface area contributed by atoms with Gasteiger partial charge in [0.1, 0.15) is 5.82 Å². The fourth-order valence-electron chi connectivity index (χ4n) is 3.69. The van der Waals surface area contributed by atoms with E-state index in [0.717, 1.165) is 5.69 Å². The normalized spacial score (nSPS) is 14.6. The van der Waals surface area contributed by atoms with Crippen molar-refractivity contribution in [2.75, 3.05) is 10.6 Å². The number of halogens is 5. The van der Waals surface area contributed by atoms with E-state index in [9.17, 15) is 27.2 Å². The first kappa shape index (κ1) is 29.0. The van der Waals surface area contributed by atoms with Crippen LogP contribution in [-0.2, 0) is 14.4 Å². The number of hydrogen-bond acceptors (Lipinski definition) is 6. The summed E-state index contributed by atoms with van der Waals surface area (Å²) in [7, 11) is 0. The molecule has 0 spiro atoms. The van der Waals surface area contributed by atoms with Gasteiger partial charge in [-0.15, -0.1) is 0 Å². The molecule has 9 nitrogen and oxygen atoms in total. The number of nitrogens with one attached hydrogen (secondary N) is 2. The molecule has 1 atom stereocenters. The number of ketones is 1. The number of aromatic nitrogens is 3. The predicted octanol–water partition coefficient (Wildman–Crippen LogP) is 5.69. The summed E-state index contributed by atoms with van der Waals surface area (Å²) >= 11 is 6.07. The number of amides is 1. The third-order valence-corrected chi connectivity index (χ3v) is 5.77. The lowest BCUT2D eigenvalue weighted by atomic mass is 9.86. The van der Waals surface area contributed by atoms with Crippen LogP contribution in [0.2, 0.25) is 5.15 Å². The van der Waals surface area contributed by atoms with Crippen molar-refractivity contribution in [1.29, 1.82) is 0 Å². The Kier molecular flexibility index (Phi) is 8.48. The van der Waals surface area contributed by atoms with Crippen LogP contribution in [0, 0.1) is 5.82 Å². The lowest BCUT2D eigenvalue weighted by Crippen LogP contribution is -2.25. The van der Waals surface area contributed by atoms with E-state index in [0.29, 0.717) is 27.7 Å². The number of Topliss-reactive ketones (excluding diaryl/α,β-unsaturated/α-hetero) is 1. The first-order valence-corrected chi connectivity index (χ1v) is 12.0. The van der Waals surface area contributed by atoms with Crippen LogP contribution in [0.3, 0.4) is 0 Å². The highest BCUT2D eigenvalue weighted by molar-refractivity contribution is 6.29. The predicted molar refractivity (Wildman–Crippen MR) is 141 cm³/mol. The highest BCUT2D eigenvalue weighted by Crippen LogP contribution is 2.27. The van der Waals surface area contributed by atoms with Gasteiger partial charge in [-0.3, -0.25) is 9.59 Å². The van der Waals surface area contributed by atoms with Crippen molar-refractivity contribution in [3.63, 3.8) is 0 Å². The zero-order valence-corrected chi connectivity index (χ0v) is 21.3. The molecule has 0 fully saturated rings. The molecule has 2 aromatic heterocycles. The number of hydrogen-bond donors (Lipinski definition) is 3. The molecule has 1 aliphatic rings. The topological polar surface area (TPSA) is 126 Å². The zero-order chi connectivity index (χ0) is 29.7. The number of allylic oxidation sites excluding steroid dienone is 3. The molecule has 4 aromatic rings. The molecule has 1 unspecified atom stereocenters. The molecule has 210 valence electrons. The van der Waals surface area contributed by atoms with E-state index in [2.05, 4.69) is 20.7 Å². The van der Waals surface area contributed by atoms with Crippen LogP contribution in [-0.4, -0.2) is 43.5 Å². The van der Waals surface area contributed by atoms with Crippen LogP contribution in [0.1, 0.15) is 11.5 Å². The number of anilines is 3. The Morgan fingerprint density at radius 2 is 1.66 bits per heavy atom. The summed E-state index contributed by atoms with van der Waals surface area (Å²) in [6.07, 6.45) is 3.07. The van der Waals surface area contributed by atoms with E-state index < -0.39 is 24.0 Å². The van der Waals surface area contributed by atoms with Crippen molar-refractivity contribution in [2.24, 2.45) is 0 Å². The summed E-state index contributed by atoms with van der Waals surface area (Å²) in [5.74, 6) is -4.63. The van der Waals surface area contributed by atoms with Crippen LogP contribution in [0.15, 0.2) is 90.8 Å². The highest BCUT2D eigenvalue weighted by Gasteiger charge is 2.38. The molecular weight excluding hydrogens is 570 g/mol. The number of alkyl halides is 3.